The van der Waals surface area contributed by atoms with E-state index in [0.29, 0.717) is 0 Å². The van der Waals surface area contributed by atoms with Crippen LogP contribution in [0.3, 0.4) is 0 Å². The fraction of sp³-hybridized carbons (Fsp3) is 1.00. The van der Waals surface area contributed by atoms with E-state index >= 15 is 0 Å². The van der Waals surface area contributed by atoms with Gasteiger partial charge in [0.1, 0.15) is 0 Å². The van der Waals surface area contributed by atoms with Gasteiger partial charge in [-0.2, -0.15) is 0 Å². The van der Waals surface area contributed by atoms with Crippen molar-refractivity contribution in [2.24, 2.45) is 5.73 Å². The molecule has 0 amide bonds. The number of rotatable bonds is 4. The molecule has 1 aliphatic rings. The minimum Gasteiger partial charge on any atom is -0.371 e. The highest BCUT2D eigenvalue weighted by Gasteiger charge is 2.33. The Labute approximate surface area is 85.7 Å². The Bertz CT molecular complexity index is 284. The molecule has 0 aromatic heterocycles. The van der Waals surface area contributed by atoms with Crippen LogP contribution < -0.4 is 5.73 Å². The van der Waals surface area contributed by atoms with Gasteiger partial charge >= 0.3 is 0 Å². The Morgan fingerprint density at radius 2 is 2.14 bits per heavy atom. The smallest absolute Gasteiger partial charge is 0.154 e. The van der Waals surface area contributed by atoms with Crippen molar-refractivity contribution in [1.29, 1.82) is 0 Å². The van der Waals surface area contributed by atoms with E-state index in [-0.39, 0.29) is 29.8 Å². The van der Waals surface area contributed by atoms with E-state index in [1.165, 1.54) is 0 Å². The molecule has 0 aliphatic carbocycles. The van der Waals surface area contributed by atoms with Gasteiger partial charge in [0, 0.05) is 6.54 Å². The average Bonchev–Trinajstić information content (AvgIpc) is 2.28. The second-order valence-electron chi connectivity index (χ2n) is 4.44. The van der Waals surface area contributed by atoms with Crippen LogP contribution in [0.25, 0.3) is 0 Å². The predicted octanol–water partition coefficient (Wildman–Crippen LogP) is 0.318. The largest absolute Gasteiger partial charge is 0.371 e. The summed E-state index contributed by atoms with van der Waals surface area (Å²) in [6, 6.07) is 0. The van der Waals surface area contributed by atoms with Gasteiger partial charge in [0.05, 0.1) is 23.2 Å². The van der Waals surface area contributed by atoms with Crippen molar-refractivity contribution >= 4 is 9.84 Å². The fourth-order valence-electron chi connectivity index (χ4n) is 1.74. The lowest BCUT2D eigenvalue weighted by molar-refractivity contribution is -0.00526. The first-order valence-electron chi connectivity index (χ1n) is 4.93. The summed E-state index contributed by atoms with van der Waals surface area (Å²) in [6.07, 6.45) is 1.62. The molecule has 84 valence electrons. The quantitative estimate of drug-likeness (QED) is 0.742. The fourth-order valence-corrected chi connectivity index (χ4v) is 3.07. The molecule has 0 aromatic rings. The summed E-state index contributed by atoms with van der Waals surface area (Å²) >= 11 is 0. The molecule has 1 unspecified atom stereocenters. The van der Waals surface area contributed by atoms with E-state index in [0.717, 1.165) is 12.8 Å². The normalized spacial score (nSPS) is 26.6. The number of hydrogen-bond acceptors (Lipinski definition) is 4. The van der Waals surface area contributed by atoms with Crippen LogP contribution in [0.15, 0.2) is 0 Å². The van der Waals surface area contributed by atoms with Crippen LogP contribution in [-0.2, 0) is 14.6 Å². The van der Waals surface area contributed by atoms with Crippen LogP contribution in [0.2, 0.25) is 0 Å². The molecule has 1 heterocycles. The minimum absolute atomic E-state index is 0.0628. The highest BCUT2D eigenvalue weighted by atomic mass is 32.2. The second kappa shape index (κ2) is 4.16. The molecule has 4 nitrogen and oxygen atoms in total. The molecule has 1 fully saturated rings. The highest BCUT2D eigenvalue weighted by molar-refractivity contribution is 7.91. The lowest BCUT2D eigenvalue weighted by Gasteiger charge is -2.19. The second-order valence-corrected chi connectivity index (χ2v) is 6.67. The molecule has 1 rings (SSSR count). The summed E-state index contributed by atoms with van der Waals surface area (Å²) in [4.78, 5) is 0. The van der Waals surface area contributed by atoms with E-state index in [1.807, 2.05) is 13.8 Å². The van der Waals surface area contributed by atoms with E-state index in [4.69, 9.17) is 10.5 Å². The van der Waals surface area contributed by atoms with Gasteiger partial charge in [0.15, 0.2) is 9.84 Å². The maximum Gasteiger partial charge on any atom is 0.154 e. The summed E-state index contributed by atoms with van der Waals surface area (Å²) in [7, 11) is -3.02. The van der Waals surface area contributed by atoms with Crippen LogP contribution in [0.1, 0.15) is 26.7 Å². The minimum atomic E-state index is -3.02. The monoisotopic (exact) mass is 221 g/mol. The molecular formula is C9H19NO3S. The molecule has 1 atom stereocenters. The Hall–Kier alpha value is -0.130. The first-order valence-corrected chi connectivity index (χ1v) is 6.75. The zero-order valence-corrected chi connectivity index (χ0v) is 9.64. The van der Waals surface area contributed by atoms with Gasteiger partial charge in [-0.25, -0.2) is 8.42 Å². The molecule has 0 aromatic carbocycles. The maximum absolute atomic E-state index is 11.4. The predicted molar refractivity (Wildman–Crippen MR) is 55.9 cm³/mol. The van der Waals surface area contributed by atoms with Crippen molar-refractivity contribution in [2.45, 2.75) is 38.4 Å². The third-order valence-corrected chi connectivity index (χ3v) is 4.16. The Morgan fingerprint density at radius 1 is 1.50 bits per heavy atom. The standard InChI is InChI=1S/C9H19NO3S/c1-9(2)4-3-8(13-9)7-14(11,12)6-5-10/h8H,3-7,10H2,1-2H3. The van der Waals surface area contributed by atoms with Gasteiger partial charge in [-0.15, -0.1) is 0 Å². The van der Waals surface area contributed by atoms with Gasteiger partial charge in [0.2, 0.25) is 0 Å². The maximum atomic E-state index is 11.4. The van der Waals surface area contributed by atoms with Gasteiger partial charge < -0.3 is 10.5 Å². The molecule has 0 spiro atoms. The van der Waals surface area contributed by atoms with Gasteiger partial charge in [0.25, 0.3) is 0 Å². The zero-order chi connectivity index (χ0) is 10.8. The Balaban J connectivity index is 2.47. The number of hydrogen-bond donors (Lipinski definition) is 1. The van der Waals surface area contributed by atoms with Crippen molar-refractivity contribution in [3.05, 3.63) is 0 Å². The van der Waals surface area contributed by atoms with Crippen molar-refractivity contribution in [3.8, 4) is 0 Å². The van der Waals surface area contributed by atoms with Crippen LogP contribution in [0.5, 0.6) is 0 Å². The lowest BCUT2D eigenvalue weighted by Crippen LogP contribution is -2.28. The van der Waals surface area contributed by atoms with Gasteiger partial charge in [-0.05, 0) is 26.7 Å². The molecule has 1 aliphatic heterocycles. The summed E-state index contributed by atoms with van der Waals surface area (Å²) in [5.41, 5.74) is 5.06. The SMILES string of the molecule is CC1(C)CCC(CS(=O)(=O)CCN)O1. The molecule has 0 bridgehead atoms. The number of nitrogens with two attached hydrogens (primary N) is 1. The first-order chi connectivity index (χ1) is 6.35. The van der Waals surface area contributed by atoms with E-state index in [1.54, 1.807) is 0 Å². The molecular weight excluding hydrogens is 202 g/mol. The molecule has 1 saturated heterocycles. The number of ether oxygens (including phenoxy) is 1. The summed E-state index contributed by atoms with van der Waals surface area (Å²) < 4.78 is 28.5. The van der Waals surface area contributed by atoms with Crippen LogP contribution in [-0.4, -0.2) is 38.2 Å². The third kappa shape index (κ3) is 3.55. The van der Waals surface area contributed by atoms with Gasteiger partial charge in [-0.1, -0.05) is 0 Å². The van der Waals surface area contributed by atoms with Crippen molar-refractivity contribution < 1.29 is 13.2 Å². The summed E-state index contributed by atoms with van der Waals surface area (Å²) in [6.45, 7) is 4.17. The Morgan fingerprint density at radius 3 is 2.57 bits per heavy atom. The van der Waals surface area contributed by atoms with Crippen molar-refractivity contribution in [2.75, 3.05) is 18.1 Å². The van der Waals surface area contributed by atoms with E-state index < -0.39 is 9.84 Å². The average molecular weight is 221 g/mol. The van der Waals surface area contributed by atoms with Crippen molar-refractivity contribution in [1.82, 2.24) is 0 Å². The topological polar surface area (TPSA) is 69.4 Å². The van der Waals surface area contributed by atoms with Crippen LogP contribution in [0.4, 0.5) is 0 Å². The molecule has 0 saturated carbocycles. The lowest BCUT2D eigenvalue weighted by atomic mass is 10.1. The first kappa shape index (κ1) is 11.9. The molecule has 5 heteroatoms. The Kier molecular flexibility index (Phi) is 3.55. The highest BCUT2D eigenvalue weighted by Crippen LogP contribution is 2.29. The van der Waals surface area contributed by atoms with Crippen LogP contribution >= 0.6 is 0 Å². The van der Waals surface area contributed by atoms with E-state index in [9.17, 15) is 8.42 Å². The van der Waals surface area contributed by atoms with Gasteiger partial charge in [-0.3, -0.25) is 0 Å². The number of sulfone groups is 1. The third-order valence-electron chi connectivity index (χ3n) is 2.42. The summed E-state index contributed by atoms with van der Waals surface area (Å²) in [5, 5.41) is 0. The molecule has 0 radical (unpaired) electrons. The van der Waals surface area contributed by atoms with Crippen LogP contribution in [0, 0.1) is 0 Å². The molecule has 2 N–H and O–H groups in total. The summed E-state index contributed by atoms with van der Waals surface area (Å²) in [5.74, 6) is 0.181. The zero-order valence-electron chi connectivity index (χ0n) is 8.82. The van der Waals surface area contributed by atoms with E-state index in [2.05, 4.69) is 0 Å². The molecule has 14 heavy (non-hydrogen) atoms. The van der Waals surface area contributed by atoms with Crippen molar-refractivity contribution in [3.63, 3.8) is 0 Å².